The van der Waals surface area contributed by atoms with Crippen molar-refractivity contribution in [3.8, 4) is 0 Å². The number of fused-ring (bicyclic) bond motifs is 1. The summed E-state index contributed by atoms with van der Waals surface area (Å²) in [6.45, 7) is 6.56. The Labute approximate surface area is 207 Å². The molecule has 9 nitrogen and oxygen atoms in total. The maximum atomic E-state index is 15.1. The number of aliphatic hydroxyl groups excluding tert-OH is 1. The summed E-state index contributed by atoms with van der Waals surface area (Å²) in [5.74, 6) is -2.33. The average molecular weight is 525 g/mol. The van der Waals surface area contributed by atoms with Gasteiger partial charge >= 0.3 is 5.76 Å². The van der Waals surface area contributed by atoms with Gasteiger partial charge in [-0.1, -0.05) is 24.6 Å². The number of nitrogens with zero attached hydrogens (tertiary/aromatic N) is 3. The van der Waals surface area contributed by atoms with Gasteiger partial charge in [0.1, 0.15) is 16.8 Å². The number of H-pyrrole nitrogens is 1. The minimum absolute atomic E-state index is 0.0805. The fraction of sp³-hybridized carbons (Fsp3) is 0.391. The molecule has 0 bridgehead atoms. The van der Waals surface area contributed by atoms with E-state index in [2.05, 4.69) is 10.2 Å². The molecule has 0 amide bonds. The van der Waals surface area contributed by atoms with Crippen LogP contribution in [0.1, 0.15) is 60.1 Å². The maximum Gasteiger partial charge on any atom is 0.434 e. The number of aryl methyl sites for hydroxylation is 1. The highest BCUT2D eigenvalue weighted by molar-refractivity contribution is 7.89. The highest BCUT2D eigenvalue weighted by Crippen LogP contribution is 2.47. The summed E-state index contributed by atoms with van der Waals surface area (Å²) >= 11 is 6.29. The van der Waals surface area contributed by atoms with Gasteiger partial charge in [0.15, 0.2) is 0 Å². The lowest BCUT2D eigenvalue weighted by Gasteiger charge is -2.41. The second kappa shape index (κ2) is 9.05. The minimum Gasteiger partial charge on any atom is -0.391 e. The Hall–Kier alpha value is -2.73. The van der Waals surface area contributed by atoms with Crippen LogP contribution in [0.4, 0.5) is 10.1 Å². The zero-order chi connectivity index (χ0) is 25.8. The Kier molecular flexibility index (Phi) is 6.56. The van der Waals surface area contributed by atoms with Crippen molar-refractivity contribution in [1.29, 1.82) is 0 Å². The fourth-order valence-corrected chi connectivity index (χ4v) is 6.97. The molecular formula is C23H26ClFN4O5S. The van der Waals surface area contributed by atoms with E-state index in [-0.39, 0.29) is 33.7 Å². The van der Waals surface area contributed by atoms with Crippen molar-refractivity contribution in [2.75, 3.05) is 18.6 Å². The summed E-state index contributed by atoms with van der Waals surface area (Å²) in [6, 6.07) is 4.59. The maximum absolute atomic E-state index is 15.1. The van der Waals surface area contributed by atoms with E-state index in [9.17, 15) is 18.3 Å². The number of aliphatic hydroxyl groups is 1. The second-order valence-electron chi connectivity index (χ2n) is 8.80. The van der Waals surface area contributed by atoms with Crippen molar-refractivity contribution in [2.24, 2.45) is 0 Å². The molecular weight excluding hydrogens is 499 g/mol. The molecule has 1 aromatic heterocycles. The van der Waals surface area contributed by atoms with Gasteiger partial charge in [-0.25, -0.2) is 22.7 Å². The first kappa shape index (κ1) is 25.4. The minimum atomic E-state index is -4.23. The van der Waals surface area contributed by atoms with Gasteiger partial charge in [-0.2, -0.15) is 4.31 Å². The lowest BCUT2D eigenvalue weighted by atomic mass is 9.87. The van der Waals surface area contributed by atoms with E-state index in [4.69, 9.17) is 16.0 Å². The van der Waals surface area contributed by atoms with Crippen molar-refractivity contribution < 1.29 is 22.3 Å². The first-order chi connectivity index (χ1) is 16.4. The molecule has 1 aliphatic heterocycles. The van der Waals surface area contributed by atoms with Gasteiger partial charge < -0.3 is 14.4 Å². The largest absolute Gasteiger partial charge is 0.434 e. The molecule has 0 aliphatic carbocycles. The zero-order valence-electron chi connectivity index (χ0n) is 19.8. The van der Waals surface area contributed by atoms with E-state index in [0.717, 1.165) is 9.87 Å². The molecule has 0 saturated heterocycles. The molecule has 2 aromatic carbocycles. The molecule has 2 N–H and O–H groups in total. The average Bonchev–Trinajstić information content (AvgIpc) is 3.20. The van der Waals surface area contributed by atoms with Crippen LogP contribution in [-0.4, -0.2) is 41.7 Å². The van der Waals surface area contributed by atoms with Crippen LogP contribution in [-0.2, 0) is 10.0 Å². The summed E-state index contributed by atoms with van der Waals surface area (Å²) in [7, 11) is -2.58. The first-order valence-corrected chi connectivity index (χ1v) is 12.7. The van der Waals surface area contributed by atoms with Crippen LogP contribution in [0.15, 0.2) is 38.4 Å². The van der Waals surface area contributed by atoms with Crippen molar-refractivity contribution >= 4 is 27.3 Å². The van der Waals surface area contributed by atoms with Gasteiger partial charge in [-0.15, -0.1) is 5.10 Å². The lowest BCUT2D eigenvalue weighted by Crippen LogP contribution is -2.48. The van der Waals surface area contributed by atoms with Gasteiger partial charge in [0.2, 0.25) is 15.9 Å². The summed E-state index contributed by atoms with van der Waals surface area (Å²) in [6.07, 6.45) is -1.02. The summed E-state index contributed by atoms with van der Waals surface area (Å²) in [4.78, 5) is 13.4. The molecule has 1 aliphatic rings. The number of hydrogen-bond donors (Lipinski definition) is 2. The number of aromatic nitrogens is 2. The normalized spacial score (nSPS) is 18.2. The predicted octanol–water partition coefficient (Wildman–Crippen LogP) is 3.77. The Morgan fingerprint density at radius 2 is 1.89 bits per heavy atom. The highest BCUT2D eigenvalue weighted by Gasteiger charge is 2.45. The van der Waals surface area contributed by atoms with Crippen molar-refractivity contribution in [3.63, 3.8) is 0 Å². The quantitative estimate of drug-likeness (QED) is 0.521. The van der Waals surface area contributed by atoms with Crippen LogP contribution in [0.2, 0.25) is 5.02 Å². The number of halogens is 2. The number of rotatable bonds is 5. The van der Waals surface area contributed by atoms with E-state index in [0.29, 0.717) is 11.1 Å². The van der Waals surface area contributed by atoms with Gasteiger partial charge in [-0.05, 0) is 55.7 Å². The molecule has 35 heavy (non-hydrogen) atoms. The van der Waals surface area contributed by atoms with E-state index in [1.54, 1.807) is 31.9 Å². The number of benzene rings is 2. The molecule has 1 unspecified atom stereocenters. The molecule has 3 aromatic rings. The van der Waals surface area contributed by atoms with E-state index >= 15 is 4.39 Å². The van der Waals surface area contributed by atoms with Crippen LogP contribution in [0, 0.1) is 19.7 Å². The third kappa shape index (κ3) is 4.16. The molecule has 2 heterocycles. The van der Waals surface area contributed by atoms with Gasteiger partial charge in [0.05, 0.1) is 18.5 Å². The smallest absolute Gasteiger partial charge is 0.391 e. The molecule has 188 valence electrons. The van der Waals surface area contributed by atoms with Gasteiger partial charge in [-0.3, -0.25) is 0 Å². The third-order valence-electron chi connectivity index (χ3n) is 6.54. The fourth-order valence-electron chi connectivity index (χ4n) is 4.76. The monoisotopic (exact) mass is 524 g/mol. The highest BCUT2D eigenvalue weighted by atomic mass is 35.5. The van der Waals surface area contributed by atoms with Crippen LogP contribution < -0.4 is 10.7 Å². The molecule has 4 rings (SSSR count). The van der Waals surface area contributed by atoms with Crippen molar-refractivity contribution in [3.05, 3.63) is 73.8 Å². The SMILES string of the molecule is Cc1ccc(F)c([C@@H](C)[C@@H](c2n[nH]c(=O)o2)N2CN(C)c3c(ccc(Cl)c3C(C)O)S2(=O)=O)c1C. The van der Waals surface area contributed by atoms with Crippen LogP contribution in [0.25, 0.3) is 0 Å². The number of sulfonamides is 1. The Morgan fingerprint density at radius 3 is 2.49 bits per heavy atom. The number of aromatic amines is 1. The predicted molar refractivity (Wildman–Crippen MR) is 129 cm³/mol. The standard InChI is InChI=1S/C23H26ClFN4O5S/c1-11-6-8-16(25)18(12(11)2)13(3)20(22-26-27-23(31)34-22)29-10-28(5)21-17(35(29,32)33)9-7-15(24)19(21)14(4)30/h6-9,13-14,20,30H,10H2,1-5H3,(H,27,31)/t13-,14?,20+/m1/s1. The van der Waals surface area contributed by atoms with Crippen LogP contribution in [0.3, 0.4) is 0 Å². The van der Waals surface area contributed by atoms with Crippen molar-refractivity contribution in [1.82, 2.24) is 14.5 Å². The number of nitrogens with one attached hydrogen (secondary N) is 1. The van der Waals surface area contributed by atoms with Gasteiger partial charge in [0, 0.05) is 23.6 Å². The molecule has 0 radical (unpaired) electrons. The molecule has 0 saturated carbocycles. The molecule has 12 heteroatoms. The second-order valence-corrected chi connectivity index (χ2v) is 11.1. The Balaban J connectivity index is 1.95. The van der Waals surface area contributed by atoms with E-state index in [1.165, 1.54) is 25.1 Å². The van der Waals surface area contributed by atoms with Crippen LogP contribution >= 0.6 is 11.6 Å². The topological polar surface area (TPSA) is 120 Å². The summed E-state index contributed by atoms with van der Waals surface area (Å²) in [5, 5.41) is 16.6. The molecule has 0 fully saturated rings. The Morgan fingerprint density at radius 1 is 1.20 bits per heavy atom. The van der Waals surface area contributed by atoms with Gasteiger partial charge in [0.25, 0.3) is 0 Å². The zero-order valence-corrected chi connectivity index (χ0v) is 21.4. The number of hydrogen-bond acceptors (Lipinski definition) is 7. The summed E-state index contributed by atoms with van der Waals surface area (Å²) < 4.78 is 49.3. The van der Waals surface area contributed by atoms with Crippen LogP contribution in [0.5, 0.6) is 0 Å². The molecule has 3 atom stereocenters. The number of anilines is 1. The molecule has 0 spiro atoms. The third-order valence-corrected chi connectivity index (χ3v) is 8.72. The first-order valence-electron chi connectivity index (χ1n) is 10.9. The van der Waals surface area contributed by atoms with E-state index in [1.807, 2.05) is 6.92 Å². The van der Waals surface area contributed by atoms with Crippen molar-refractivity contribution in [2.45, 2.75) is 50.7 Å². The Bertz CT molecular complexity index is 1450. The summed E-state index contributed by atoms with van der Waals surface area (Å²) in [5.41, 5.74) is 2.34. The lowest BCUT2D eigenvalue weighted by molar-refractivity contribution is 0.198. The van der Waals surface area contributed by atoms with E-state index < -0.39 is 39.7 Å².